The number of hydrogen-bond donors (Lipinski definition) is 2. The minimum atomic E-state index is -1.02. The van der Waals surface area contributed by atoms with Gasteiger partial charge < -0.3 is 30.2 Å². The molecule has 8 heteroatoms. The summed E-state index contributed by atoms with van der Waals surface area (Å²) >= 11 is 6.06. The standard InChI is InChI=1S/C21H32ClN3O4/c1-14(2)5-4-8-25(13-20(26)27)9-6-15(7-10-25)24-21(28)16-11-17(22)18(23)12-19(16)29-3/h11-12,14-15H,4-10,13H2,1-3H3,(H3-,23,24,26,27,28). The summed E-state index contributed by atoms with van der Waals surface area (Å²) in [5.41, 5.74) is 6.47. The normalized spacial score (nSPS) is 21.8. The molecule has 0 aliphatic carbocycles. The van der Waals surface area contributed by atoms with E-state index in [4.69, 9.17) is 22.1 Å². The molecule has 1 aliphatic rings. The molecule has 1 saturated heterocycles. The third kappa shape index (κ3) is 6.51. The Morgan fingerprint density at radius 1 is 1.34 bits per heavy atom. The van der Waals surface area contributed by atoms with Crippen LogP contribution in [0.2, 0.25) is 5.02 Å². The quantitative estimate of drug-likeness (QED) is 0.464. The molecule has 3 N–H and O–H groups in total. The van der Waals surface area contributed by atoms with Crippen molar-refractivity contribution in [1.29, 1.82) is 0 Å². The number of carboxylic acids is 1. The SMILES string of the molecule is COc1cc(N)c(Cl)cc1C(=O)NC1CC[N+](CCCC(C)C)(CC(=O)[O-])CC1. The van der Waals surface area contributed by atoms with E-state index in [2.05, 4.69) is 19.2 Å². The number of nitrogens with one attached hydrogen (secondary N) is 1. The number of likely N-dealkylation sites (tertiary alicyclic amines) is 1. The number of ether oxygens (including phenoxy) is 1. The van der Waals surface area contributed by atoms with E-state index in [-0.39, 0.29) is 18.5 Å². The van der Waals surface area contributed by atoms with Crippen LogP contribution in [0.1, 0.15) is 49.9 Å². The monoisotopic (exact) mass is 425 g/mol. The number of hydrogen-bond acceptors (Lipinski definition) is 5. The summed E-state index contributed by atoms with van der Waals surface area (Å²) in [5, 5.41) is 14.6. The summed E-state index contributed by atoms with van der Waals surface area (Å²) in [7, 11) is 1.48. The molecular weight excluding hydrogens is 394 g/mol. The number of piperidine rings is 1. The zero-order valence-corrected chi connectivity index (χ0v) is 18.3. The second-order valence-corrected chi connectivity index (χ2v) is 8.81. The lowest BCUT2D eigenvalue weighted by Gasteiger charge is -2.44. The Bertz CT molecular complexity index is 731. The maximum atomic E-state index is 12.7. The predicted octanol–water partition coefficient (Wildman–Crippen LogP) is 1.83. The van der Waals surface area contributed by atoms with Crippen LogP contribution in [0, 0.1) is 5.92 Å². The molecule has 0 unspecified atom stereocenters. The molecule has 1 aromatic rings. The first-order chi connectivity index (χ1) is 13.7. The van der Waals surface area contributed by atoms with Crippen molar-refractivity contribution in [1.82, 2.24) is 5.32 Å². The fourth-order valence-corrected chi connectivity index (χ4v) is 4.17. The number of nitrogens with zero attached hydrogens (tertiary/aromatic N) is 1. The lowest BCUT2D eigenvalue weighted by molar-refractivity contribution is -0.927. The van der Waals surface area contributed by atoms with Gasteiger partial charge in [-0.3, -0.25) is 4.79 Å². The zero-order chi connectivity index (χ0) is 21.6. The van der Waals surface area contributed by atoms with Crippen LogP contribution in [-0.2, 0) is 4.79 Å². The van der Waals surface area contributed by atoms with Gasteiger partial charge >= 0.3 is 0 Å². The van der Waals surface area contributed by atoms with Gasteiger partial charge in [0, 0.05) is 24.9 Å². The van der Waals surface area contributed by atoms with Crippen molar-refractivity contribution in [3.63, 3.8) is 0 Å². The molecule has 1 aromatic carbocycles. The molecule has 0 saturated carbocycles. The van der Waals surface area contributed by atoms with Gasteiger partial charge in [-0.1, -0.05) is 25.4 Å². The lowest BCUT2D eigenvalue weighted by Crippen LogP contribution is -2.60. The fourth-order valence-electron chi connectivity index (χ4n) is 4.01. The molecule has 2 rings (SSSR count). The highest BCUT2D eigenvalue weighted by atomic mass is 35.5. The van der Waals surface area contributed by atoms with Gasteiger partial charge in [-0.05, 0) is 24.8 Å². The predicted molar refractivity (Wildman–Crippen MR) is 112 cm³/mol. The van der Waals surface area contributed by atoms with Crippen LogP contribution in [0.25, 0.3) is 0 Å². The molecule has 0 atom stereocenters. The largest absolute Gasteiger partial charge is 0.544 e. The van der Waals surface area contributed by atoms with E-state index in [1.165, 1.54) is 19.2 Å². The second-order valence-electron chi connectivity index (χ2n) is 8.40. The highest BCUT2D eigenvalue weighted by Gasteiger charge is 2.34. The molecule has 29 heavy (non-hydrogen) atoms. The smallest absolute Gasteiger partial charge is 0.255 e. The Labute approximate surface area is 177 Å². The van der Waals surface area contributed by atoms with Crippen molar-refractivity contribution in [2.45, 2.75) is 45.6 Å². The summed E-state index contributed by atoms with van der Waals surface area (Å²) in [6.45, 7) is 6.60. The summed E-state index contributed by atoms with van der Waals surface area (Å²) in [6.07, 6.45) is 3.49. The number of anilines is 1. The van der Waals surface area contributed by atoms with Gasteiger partial charge in [-0.2, -0.15) is 0 Å². The number of benzene rings is 1. The number of nitrogens with two attached hydrogens (primary N) is 1. The van der Waals surface area contributed by atoms with Crippen molar-refractivity contribution in [3.05, 3.63) is 22.7 Å². The summed E-state index contributed by atoms with van der Waals surface area (Å²) < 4.78 is 5.78. The number of quaternary nitrogens is 1. The van der Waals surface area contributed by atoms with Crippen molar-refractivity contribution in [2.24, 2.45) is 5.92 Å². The van der Waals surface area contributed by atoms with Crippen LogP contribution >= 0.6 is 11.6 Å². The molecule has 1 aliphatic heterocycles. The summed E-state index contributed by atoms with van der Waals surface area (Å²) in [5.74, 6) is -0.320. The maximum absolute atomic E-state index is 12.7. The average Bonchev–Trinajstić information content (AvgIpc) is 2.64. The van der Waals surface area contributed by atoms with Crippen molar-refractivity contribution >= 4 is 29.2 Å². The average molecular weight is 426 g/mol. The molecule has 0 aromatic heterocycles. The van der Waals surface area contributed by atoms with E-state index in [1.54, 1.807) is 0 Å². The molecule has 0 spiro atoms. The van der Waals surface area contributed by atoms with E-state index in [0.717, 1.165) is 19.4 Å². The lowest BCUT2D eigenvalue weighted by atomic mass is 9.99. The third-order valence-electron chi connectivity index (χ3n) is 5.68. The third-order valence-corrected chi connectivity index (χ3v) is 6.01. The first kappa shape index (κ1) is 23.3. The van der Waals surface area contributed by atoms with Crippen LogP contribution in [0.5, 0.6) is 5.75 Å². The Hall–Kier alpha value is -1.99. The van der Waals surface area contributed by atoms with Gasteiger partial charge in [0.05, 0.1) is 49.0 Å². The number of halogens is 1. The van der Waals surface area contributed by atoms with Crippen molar-refractivity contribution in [2.75, 3.05) is 39.0 Å². The summed E-state index contributed by atoms with van der Waals surface area (Å²) in [6, 6.07) is 3.02. The fraction of sp³-hybridized carbons (Fsp3) is 0.619. The molecule has 0 bridgehead atoms. The Balaban J connectivity index is 2.01. The number of carboxylic acid groups (broad SMARTS) is 1. The van der Waals surface area contributed by atoms with E-state index in [1.807, 2.05) is 0 Å². The highest BCUT2D eigenvalue weighted by Crippen LogP contribution is 2.29. The van der Waals surface area contributed by atoms with Gasteiger partial charge in [0.25, 0.3) is 5.91 Å². The zero-order valence-electron chi connectivity index (χ0n) is 17.5. The van der Waals surface area contributed by atoms with Gasteiger partial charge in [-0.15, -0.1) is 0 Å². The number of carbonyl (C=O) groups excluding carboxylic acids is 2. The second kappa shape index (κ2) is 10.2. The number of rotatable bonds is 9. The first-order valence-corrected chi connectivity index (χ1v) is 10.5. The van der Waals surface area contributed by atoms with Crippen LogP contribution in [0.15, 0.2) is 12.1 Å². The molecule has 1 amide bonds. The van der Waals surface area contributed by atoms with Gasteiger partial charge in [-0.25, -0.2) is 0 Å². The maximum Gasteiger partial charge on any atom is 0.255 e. The van der Waals surface area contributed by atoms with E-state index >= 15 is 0 Å². The molecule has 162 valence electrons. The number of methoxy groups -OCH3 is 1. The van der Waals surface area contributed by atoms with E-state index in [0.29, 0.717) is 58.4 Å². The van der Waals surface area contributed by atoms with Crippen molar-refractivity contribution in [3.8, 4) is 5.75 Å². The number of amides is 1. The van der Waals surface area contributed by atoms with Crippen molar-refractivity contribution < 1.29 is 23.9 Å². The Morgan fingerprint density at radius 3 is 2.55 bits per heavy atom. The molecular formula is C21H32ClN3O4. The van der Waals surface area contributed by atoms with Crippen LogP contribution < -0.4 is 20.9 Å². The Morgan fingerprint density at radius 2 is 2.00 bits per heavy atom. The summed E-state index contributed by atoms with van der Waals surface area (Å²) in [4.78, 5) is 24.1. The highest BCUT2D eigenvalue weighted by molar-refractivity contribution is 6.33. The van der Waals surface area contributed by atoms with E-state index in [9.17, 15) is 14.7 Å². The van der Waals surface area contributed by atoms with Crippen LogP contribution in [0.3, 0.4) is 0 Å². The Kier molecular flexibility index (Phi) is 8.16. The minimum absolute atomic E-state index is 0.0263. The van der Waals surface area contributed by atoms with Gasteiger partial charge in [0.15, 0.2) is 0 Å². The molecule has 7 nitrogen and oxygen atoms in total. The number of aliphatic carboxylic acids is 1. The van der Waals surface area contributed by atoms with Gasteiger partial charge in [0.1, 0.15) is 12.3 Å². The molecule has 0 radical (unpaired) electrons. The van der Waals surface area contributed by atoms with Crippen LogP contribution in [0.4, 0.5) is 5.69 Å². The van der Waals surface area contributed by atoms with Gasteiger partial charge in [0.2, 0.25) is 0 Å². The number of carbonyl (C=O) groups is 2. The number of nitrogen functional groups attached to an aromatic ring is 1. The topological polar surface area (TPSA) is 104 Å². The van der Waals surface area contributed by atoms with Crippen LogP contribution in [-0.4, -0.2) is 55.7 Å². The van der Waals surface area contributed by atoms with E-state index < -0.39 is 5.97 Å². The minimum Gasteiger partial charge on any atom is -0.544 e. The first-order valence-electron chi connectivity index (χ1n) is 10.1. The molecule has 1 heterocycles. The molecule has 1 fully saturated rings.